The van der Waals surface area contributed by atoms with Crippen molar-refractivity contribution in [3.05, 3.63) is 78.0 Å². The molecule has 0 saturated carbocycles. The van der Waals surface area contributed by atoms with E-state index in [1.807, 2.05) is 44.2 Å². The van der Waals surface area contributed by atoms with Gasteiger partial charge in [0, 0.05) is 28.9 Å². The second-order valence-electron chi connectivity index (χ2n) is 9.84. The molecule has 0 amide bonds. The second kappa shape index (κ2) is 10.6. The number of anilines is 2. The van der Waals surface area contributed by atoms with Gasteiger partial charge in [0.15, 0.2) is 0 Å². The summed E-state index contributed by atoms with van der Waals surface area (Å²) in [6.45, 7) is 8.54. The van der Waals surface area contributed by atoms with Crippen LogP contribution in [0.1, 0.15) is 45.2 Å². The lowest BCUT2D eigenvalue weighted by atomic mass is 10.0. The maximum Gasteiger partial charge on any atom is 0.418 e. The van der Waals surface area contributed by atoms with Crippen LogP contribution < -0.4 is 10.1 Å². The summed E-state index contributed by atoms with van der Waals surface area (Å²) in [6.07, 6.45) is -2.32. The molecule has 0 radical (unpaired) electrons. The Morgan fingerprint density at radius 2 is 1.73 bits per heavy atom. The van der Waals surface area contributed by atoms with Crippen LogP contribution in [0.25, 0.3) is 22.2 Å². The van der Waals surface area contributed by atoms with Crippen LogP contribution in [0, 0.1) is 5.92 Å². The third-order valence-electron chi connectivity index (χ3n) is 5.97. The molecule has 0 unspecified atom stereocenters. The van der Waals surface area contributed by atoms with Gasteiger partial charge in [-0.15, -0.1) is 11.6 Å². The number of hydrogen-bond donors (Lipinski definition) is 1. The van der Waals surface area contributed by atoms with Gasteiger partial charge in [-0.2, -0.15) is 13.2 Å². The molecule has 2 aromatic heterocycles. The number of fused-ring (bicyclic) bond motifs is 1. The number of halogens is 4. The van der Waals surface area contributed by atoms with Gasteiger partial charge in [0.25, 0.3) is 0 Å². The highest BCUT2D eigenvalue weighted by Crippen LogP contribution is 2.38. The second-order valence-corrected chi connectivity index (χ2v) is 10.8. The zero-order chi connectivity index (χ0) is 26.8. The van der Waals surface area contributed by atoms with E-state index in [4.69, 9.17) is 16.3 Å². The van der Waals surface area contributed by atoms with Crippen LogP contribution in [0.2, 0.25) is 0 Å². The van der Waals surface area contributed by atoms with Crippen molar-refractivity contribution in [1.82, 2.24) is 9.97 Å². The number of alkyl halides is 4. The van der Waals surface area contributed by atoms with Gasteiger partial charge in [0.05, 0.1) is 33.9 Å². The number of ether oxygens (including phenoxy) is 1. The van der Waals surface area contributed by atoms with E-state index < -0.39 is 16.6 Å². The van der Waals surface area contributed by atoms with Crippen LogP contribution in [0.5, 0.6) is 5.88 Å². The SMILES string of the molecule is CC(C)CCOc1cc(Nc2ccc(C(C)(C)Cl)cc2)c2ccc(-c3ncccc3C(F)(F)F)cc2n1. The molecule has 0 aliphatic heterocycles. The van der Waals surface area contributed by atoms with Crippen molar-refractivity contribution in [2.24, 2.45) is 5.92 Å². The molecule has 4 rings (SSSR count). The van der Waals surface area contributed by atoms with Crippen LogP contribution in [-0.4, -0.2) is 16.6 Å². The highest BCUT2D eigenvalue weighted by Gasteiger charge is 2.34. The van der Waals surface area contributed by atoms with Gasteiger partial charge in [-0.1, -0.05) is 38.1 Å². The summed E-state index contributed by atoms with van der Waals surface area (Å²) in [5.74, 6) is 0.850. The average molecular weight is 528 g/mol. The molecule has 0 aliphatic rings. The molecule has 0 spiro atoms. The Balaban J connectivity index is 1.77. The molecular formula is C29H29ClF3N3O. The number of rotatable bonds is 8. The van der Waals surface area contributed by atoms with Crippen molar-refractivity contribution in [2.75, 3.05) is 11.9 Å². The smallest absolute Gasteiger partial charge is 0.418 e. The number of aromatic nitrogens is 2. The van der Waals surface area contributed by atoms with Crippen LogP contribution in [0.4, 0.5) is 24.5 Å². The number of nitrogens with one attached hydrogen (secondary N) is 1. The third-order valence-corrected chi connectivity index (χ3v) is 6.19. The van der Waals surface area contributed by atoms with Crippen LogP contribution in [-0.2, 0) is 11.1 Å². The Hall–Kier alpha value is -3.32. The van der Waals surface area contributed by atoms with E-state index >= 15 is 0 Å². The molecule has 37 heavy (non-hydrogen) atoms. The van der Waals surface area contributed by atoms with Gasteiger partial charge >= 0.3 is 6.18 Å². The first-order chi connectivity index (χ1) is 17.4. The number of pyridine rings is 2. The minimum atomic E-state index is -4.52. The molecular weight excluding hydrogens is 499 g/mol. The fourth-order valence-electron chi connectivity index (χ4n) is 3.90. The third kappa shape index (κ3) is 6.52. The molecule has 0 fully saturated rings. The first-order valence-corrected chi connectivity index (χ1v) is 12.5. The maximum atomic E-state index is 13.6. The first-order valence-electron chi connectivity index (χ1n) is 12.1. The maximum absolute atomic E-state index is 13.6. The fourth-order valence-corrected chi connectivity index (χ4v) is 4.02. The molecule has 8 heteroatoms. The summed E-state index contributed by atoms with van der Waals surface area (Å²) in [6, 6.07) is 16.9. The minimum absolute atomic E-state index is 0.140. The van der Waals surface area contributed by atoms with Crippen LogP contribution in [0.15, 0.2) is 66.9 Å². The van der Waals surface area contributed by atoms with Gasteiger partial charge < -0.3 is 10.1 Å². The van der Waals surface area contributed by atoms with E-state index in [9.17, 15) is 13.2 Å². The Labute approximate surface area is 219 Å². The van der Waals surface area contributed by atoms with Gasteiger partial charge in [0.1, 0.15) is 0 Å². The van der Waals surface area contributed by atoms with Crippen molar-refractivity contribution in [3.8, 4) is 17.1 Å². The lowest BCUT2D eigenvalue weighted by Crippen LogP contribution is -2.08. The molecule has 2 heterocycles. The van der Waals surface area contributed by atoms with Crippen molar-refractivity contribution in [1.29, 1.82) is 0 Å². The zero-order valence-corrected chi connectivity index (χ0v) is 21.9. The standard InChI is InChI=1S/C29H29ClF3N3O/c1-18(2)13-15-37-26-17-25(35-21-10-8-20(9-11-21)28(3,4)30)22-12-7-19(16-24(22)36-26)27-23(29(31,32)33)6-5-14-34-27/h5-12,14,16-18H,13,15H2,1-4H3,(H,35,36). The molecule has 2 aromatic carbocycles. The number of hydrogen-bond acceptors (Lipinski definition) is 4. The molecule has 0 atom stereocenters. The predicted molar refractivity (Wildman–Crippen MR) is 144 cm³/mol. The minimum Gasteiger partial charge on any atom is -0.478 e. The van der Waals surface area contributed by atoms with Gasteiger partial charge in [-0.25, -0.2) is 4.98 Å². The summed E-state index contributed by atoms with van der Waals surface area (Å²) in [7, 11) is 0. The lowest BCUT2D eigenvalue weighted by molar-refractivity contribution is -0.137. The first kappa shape index (κ1) is 26.7. The lowest BCUT2D eigenvalue weighted by Gasteiger charge is -2.18. The molecule has 194 valence electrons. The van der Waals surface area contributed by atoms with Crippen LogP contribution >= 0.6 is 11.6 Å². The van der Waals surface area contributed by atoms with E-state index in [1.54, 1.807) is 18.2 Å². The van der Waals surface area contributed by atoms with Crippen molar-refractivity contribution in [2.45, 2.75) is 45.2 Å². The Morgan fingerprint density at radius 1 is 1.00 bits per heavy atom. The summed E-state index contributed by atoms with van der Waals surface area (Å²) in [5.41, 5.74) is 2.44. The molecule has 4 aromatic rings. The van der Waals surface area contributed by atoms with Gasteiger partial charge in [0.2, 0.25) is 5.88 Å². The van der Waals surface area contributed by atoms with Gasteiger partial charge in [-0.05, 0) is 62.1 Å². The number of nitrogens with zero attached hydrogens (tertiary/aromatic N) is 2. The summed E-state index contributed by atoms with van der Waals surface area (Å²) in [4.78, 5) is 8.15. The zero-order valence-electron chi connectivity index (χ0n) is 21.2. The van der Waals surface area contributed by atoms with Gasteiger partial charge in [-0.3, -0.25) is 4.98 Å². The Kier molecular flexibility index (Phi) is 7.64. The molecule has 0 aliphatic carbocycles. The molecule has 0 bridgehead atoms. The van der Waals surface area contributed by atoms with Crippen molar-refractivity contribution in [3.63, 3.8) is 0 Å². The largest absolute Gasteiger partial charge is 0.478 e. The summed E-state index contributed by atoms with van der Waals surface area (Å²) < 4.78 is 46.8. The van der Waals surface area contributed by atoms with E-state index in [2.05, 4.69) is 29.1 Å². The molecule has 0 saturated heterocycles. The quantitative estimate of drug-likeness (QED) is 0.232. The molecule has 4 nitrogen and oxygen atoms in total. The monoisotopic (exact) mass is 527 g/mol. The topological polar surface area (TPSA) is 47.0 Å². The fraction of sp³-hybridized carbons (Fsp3) is 0.310. The Morgan fingerprint density at radius 3 is 2.38 bits per heavy atom. The van der Waals surface area contributed by atoms with E-state index in [0.717, 1.165) is 34.8 Å². The average Bonchev–Trinajstić information content (AvgIpc) is 2.83. The van der Waals surface area contributed by atoms with E-state index in [1.165, 1.54) is 12.3 Å². The normalized spacial score (nSPS) is 12.2. The van der Waals surface area contributed by atoms with E-state index in [-0.39, 0.29) is 5.69 Å². The number of benzene rings is 2. The Bertz CT molecular complexity index is 1380. The predicted octanol–water partition coefficient (Wildman–Crippen LogP) is 8.96. The van der Waals surface area contributed by atoms with Crippen molar-refractivity contribution >= 4 is 33.9 Å². The molecule has 1 N–H and O–H groups in total. The highest BCUT2D eigenvalue weighted by atomic mass is 35.5. The van der Waals surface area contributed by atoms with E-state index in [0.29, 0.717) is 29.5 Å². The summed E-state index contributed by atoms with van der Waals surface area (Å²) >= 11 is 6.42. The highest BCUT2D eigenvalue weighted by molar-refractivity contribution is 6.23. The van der Waals surface area contributed by atoms with Crippen LogP contribution in [0.3, 0.4) is 0 Å². The van der Waals surface area contributed by atoms with Crippen molar-refractivity contribution < 1.29 is 17.9 Å². The summed E-state index contributed by atoms with van der Waals surface area (Å²) in [5, 5.41) is 4.14.